The molecule has 0 radical (unpaired) electrons. The highest BCUT2D eigenvalue weighted by molar-refractivity contribution is 5.85. The van der Waals surface area contributed by atoms with Crippen molar-refractivity contribution in [2.75, 3.05) is 0 Å². The second-order valence-corrected chi connectivity index (χ2v) is 4.54. The Morgan fingerprint density at radius 3 is 2.57 bits per heavy atom. The van der Waals surface area contributed by atoms with Crippen molar-refractivity contribution in [2.24, 2.45) is 0 Å². The first-order valence-corrected chi connectivity index (χ1v) is 6.09. The van der Waals surface area contributed by atoms with E-state index in [1.165, 1.54) is 51.4 Å². The highest BCUT2D eigenvalue weighted by Gasteiger charge is 2.16. The quantitative estimate of drug-likeness (QED) is 0.692. The van der Waals surface area contributed by atoms with E-state index in [4.69, 9.17) is 0 Å². The number of halogens is 1. The van der Waals surface area contributed by atoms with Gasteiger partial charge in [0.2, 0.25) is 0 Å². The molecule has 0 aromatic carbocycles. The lowest BCUT2D eigenvalue weighted by atomic mass is 9.95. The average molecular weight is 220 g/mol. The molecule has 2 atom stereocenters. The molecular weight excluding hydrogens is 194 g/mol. The fourth-order valence-electron chi connectivity index (χ4n) is 2.28. The van der Waals surface area contributed by atoms with E-state index in [9.17, 15) is 0 Å². The lowest BCUT2D eigenvalue weighted by molar-refractivity contribution is 0.315. The fraction of sp³-hybridized carbons (Fsp3) is 1.00. The maximum absolute atomic E-state index is 3.69. The van der Waals surface area contributed by atoms with Crippen LogP contribution in [0.1, 0.15) is 65.2 Å². The molecule has 0 aromatic heterocycles. The Labute approximate surface area is 95.5 Å². The van der Waals surface area contributed by atoms with Crippen molar-refractivity contribution in [3.05, 3.63) is 0 Å². The van der Waals surface area contributed by atoms with E-state index < -0.39 is 0 Å². The Balaban J connectivity index is 0.00000169. The molecule has 1 nitrogen and oxygen atoms in total. The number of piperidine rings is 1. The summed E-state index contributed by atoms with van der Waals surface area (Å²) in [6.07, 6.45) is 11.3. The van der Waals surface area contributed by atoms with Gasteiger partial charge < -0.3 is 5.32 Å². The van der Waals surface area contributed by atoms with Crippen molar-refractivity contribution in [3.63, 3.8) is 0 Å². The molecule has 86 valence electrons. The number of hydrogen-bond donors (Lipinski definition) is 1. The van der Waals surface area contributed by atoms with E-state index in [1.54, 1.807) is 0 Å². The van der Waals surface area contributed by atoms with Crippen LogP contribution in [0, 0.1) is 0 Å². The van der Waals surface area contributed by atoms with Crippen LogP contribution in [-0.4, -0.2) is 12.1 Å². The molecule has 1 aliphatic rings. The summed E-state index contributed by atoms with van der Waals surface area (Å²) in [5.74, 6) is 0. The van der Waals surface area contributed by atoms with Gasteiger partial charge in [0.25, 0.3) is 0 Å². The van der Waals surface area contributed by atoms with Crippen LogP contribution in [0.2, 0.25) is 0 Å². The van der Waals surface area contributed by atoms with Crippen molar-refractivity contribution < 1.29 is 0 Å². The Bertz CT molecular complexity index is 127. The van der Waals surface area contributed by atoms with Gasteiger partial charge in [-0.05, 0) is 26.2 Å². The first-order chi connectivity index (χ1) is 6.33. The van der Waals surface area contributed by atoms with E-state index in [0.717, 1.165) is 12.1 Å². The van der Waals surface area contributed by atoms with Crippen LogP contribution in [-0.2, 0) is 0 Å². The third-order valence-corrected chi connectivity index (χ3v) is 3.12. The van der Waals surface area contributed by atoms with Crippen LogP contribution >= 0.6 is 12.4 Å². The molecule has 0 unspecified atom stereocenters. The van der Waals surface area contributed by atoms with Gasteiger partial charge in [0.15, 0.2) is 0 Å². The standard InChI is InChI=1S/C12H25N.ClH/c1-3-4-5-6-9-12-10-7-8-11(2)13-12;/h11-13H,3-10H2,1-2H3;1H/t11-,12-;/m0./s1. The topological polar surface area (TPSA) is 12.0 Å². The number of unbranched alkanes of at least 4 members (excludes halogenated alkanes) is 3. The molecule has 1 N–H and O–H groups in total. The normalized spacial score (nSPS) is 27.0. The van der Waals surface area contributed by atoms with Gasteiger partial charge in [-0.3, -0.25) is 0 Å². The fourth-order valence-corrected chi connectivity index (χ4v) is 2.28. The molecule has 0 aromatic rings. The monoisotopic (exact) mass is 219 g/mol. The summed E-state index contributed by atoms with van der Waals surface area (Å²) in [5, 5.41) is 3.69. The molecule has 0 aliphatic carbocycles. The van der Waals surface area contributed by atoms with Gasteiger partial charge in [-0.1, -0.05) is 39.0 Å². The van der Waals surface area contributed by atoms with Gasteiger partial charge in [0.05, 0.1) is 0 Å². The first-order valence-electron chi connectivity index (χ1n) is 6.09. The molecule has 2 heteroatoms. The molecule has 1 heterocycles. The van der Waals surface area contributed by atoms with Crippen LogP contribution in [0.4, 0.5) is 0 Å². The minimum Gasteiger partial charge on any atom is -0.312 e. The first kappa shape index (κ1) is 14.2. The third-order valence-electron chi connectivity index (χ3n) is 3.12. The van der Waals surface area contributed by atoms with E-state index in [2.05, 4.69) is 19.2 Å². The molecule has 14 heavy (non-hydrogen) atoms. The van der Waals surface area contributed by atoms with Gasteiger partial charge in [0, 0.05) is 12.1 Å². The molecule has 1 fully saturated rings. The highest BCUT2D eigenvalue weighted by Crippen LogP contribution is 2.17. The van der Waals surface area contributed by atoms with Crippen molar-refractivity contribution >= 4 is 12.4 Å². The minimum atomic E-state index is 0. The lowest BCUT2D eigenvalue weighted by Gasteiger charge is -2.28. The van der Waals surface area contributed by atoms with E-state index in [1.807, 2.05) is 0 Å². The molecule has 1 rings (SSSR count). The van der Waals surface area contributed by atoms with Crippen LogP contribution in [0.25, 0.3) is 0 Å². The minimum absolute atomic E-state index is 0. The summed E-state index contributed by atoms with van der Waals surface area (Å²) in [6, 6.07) is 1.60. The zero-order valence-electron chi connectivity index (χ0n) is 9.72. The van der Waals surface area contributed by atoms with Crippen LogP contribution in [0.15, 0.2) is 0 Å². The van der Waals surface area contributed by atoms with Crippen molar-refractivity contribution in [1.82, 2.24) is 5.32 Å². The van der Waals surface area contributed by atoms with Gasteiger partial charge in [-0.2, -0.15) is 0 Å². The van der Waals surface area contributed by atoms with Gasteiger partial charge >= 0.3 is 0 Å². The Morgan fingerprint density at radius 2 is 1.93 bits per heavy atom. The predicted molar refractivity (Wildman–Crippen MR) is 66.2 cm³/mol. The number of rotatable bonds is 5. The Kier molecular flexibility index (Phi) is 8.70. The van der Waals surface area contributed by atoms with E-state index in [-0.39, 0.29) is 12.4 Å². The zero-order chi connectivity index (χ0) is 9.52. The van der Waals surface area contributed by atoms with Gasteiger partial charge in [-0.15, -0.1) is 12.4 Å². The van der Waals surface area contributed by atoms with Crippen LogP contribution < -0.4 is 5.32 Å². The highest BCUT2D eigenvalue weighted by atomic mass is 35.5. The van der Waals surface area contributed by atoms with Crippen LogP contribution in [0.3, 0.4) is 0 Å². The summed E-state index contributed by atoms with van der Waals surface area (Å²) in [5.41, 5.74) is 0. The van der Waals surface area contributed by atoms with Gasteiger partial charge in [0.1, 0.15) is 0 Å². The second-order valence-electron chi connectivity index (χ2n) is 4.54. The van der Waals surface area contributed by atoms with E-state index >= 15 is 0 Å². The van der Waals surface area contributed by atoms with Crippen molar-refractivity contribution in [1.29, 1.82) is 0 Å². The smallest absolute Gasteiger partial charge is 0.00695 e. The Morgan fingerprint density at radius 1 is 1.14 bits per heavy atom. The van der Waals surface area contributed by atoms with Gasteiger partial charge in [-0.25, -0.2) is 0 Å². The summed E-state index contributed by atoms with van der Waals surface area (Å²) in [4.78, 5) is 0. The number of nitrogens with one attached hydrogen (secondary N) is 1. The number of hydrogen-bond acceptors (Lipinski definition) is 1. The second kappa shape index (κ2) is 8.55. The maximum Gasteiger partial charge on any atom is 0.00695 e. The average Bonchev–Trinajstić information content (AvgIpc) is 2.13. The summed E-state index contributed by atoms with van der Waals surface area (Å²) in [7, 11) is 0. The maximum atomic E-state index is 3.69. The summed E-state index contributed by atoms with van der Waals surface area (Å²) in [6.45, 7) is 4.60. The summed E-state index contributed by atoms with van der Waals surface area (Å²) >= 11 is 0. The molecule has 0 bridgehead atoms. The Hall–Kier alpha value is 0.250. The SMILES string of the molecule is CCCCCC[C@H]1CCC[C@H](C)N1.Cl. The van der Waals surface area contributed by atoms with Crippen molar-refractivity contribution in [3.8, 4) is 0 Å². The largest absolute Gasteiger partial charge is 0.312 e. The zero-order valence-corrected chi connectivity index (χ0v) is 10.5. The van der Waals surface area contributed by atoms with Crippen molar-refractivity contribution in [2.45, 2.75) is 77.3 Å². The predicted octanol–water partition coefficient (Wildman–Crippen LogP) is 3.91. The molecule has 0 spiro atoms. The molecule has 0 saturated carbocycles. The molecule has 1 aliphatic heterocycles. The molecular formula is C12H26ClN. The summed E-state index contributed by atoms with van der Waals surface area (Å²) < 4.78 is 0. The molecule has 0 amide bonds. The lowest BCUT2D eigenvalue weighted by Crippen LogP contribution is -2.40. The van der Waals surface area contributed by atoms with Crippen LogP contribution in [0.5, 0.6) is 0 Å². The third kappa shape index (κ3) is 5.87. The van der Waals surface area contributed by atoms with E-state index in [0.29, 0.717) is 0 Å². The molecule has 1 saturated heterocycles.